The number of carbonyl (C=O) groups is 1. The van der Waals surface area contributed by atoms with E-state index in [0.717, 1.165) is 36.3 Å². The Morgan fingerprint density at radius 1 is 1.52 bits per heavy atom. The Morgan fingerprint density at radius 2 is 2.35 bits per heavy atom. The molecule has 23 heavy (non-hydrogen) atoms. The maximum atomic E-state index is 12.6. The summed E-state index contributed by atoms with van der Waals surface area (Å²) in [5, 5.41) is 11.2. The highest BCUT2D eigenvalue weighted by atomic mass is 16.5. The smallest absolute Gasteiger partial charge is 0.259 e. The van der Waals surface area contributed by atoms with Crippen molar-refractivity contribution in [2.45, 2.75) is 39.5 Å². The van der Waals surface area contributed by atoms with Gasteiger partial charge in [-0.1, -0.05) is 19.0 Å². The van der Waals surface area contributed by atoms with E-state index in [2.05, 4.69) is 20.8 Å². The average molecular weight is 316 g/mol. The molecule has 1 unspecified atom stereocenters. The molecule has 0 saturated carbocycles. The molecule has 124 valence electrons. The van der Waals surface area contributed by atoms with Crippen LogP contribution in [0.15, 0.2) is 10.6 Å². The molecule has 1 amide bonds. The third kappa shape index (κ3) is 3.37. The van der Waals surface area contributed by atoms with E-state index < -0.39 is 0 Å². The molecule has 6 nitrogen and oxygen atoms in total. The van der Waals surface area contributed by atoms with Gasteiger partial charge in [-0.25, -0.2) is 4.98 Å². The van der Waals surface area contributed by atoms with Crippen molar-refractivity contribution >= 4 is 17.0 Å². The summed E-state index contributed by atoms with van der Waals surface area (Å²) in [6.07, 6.45) is 2.20. The van der Waals surface area contributed by atoms with E-state index in [0.29, 0.717) is 23.7 Å². The highest BCUT2D eigenvalue weighted by molar-refractivity contribution is 6.06. The van der Waals surface area contributed by atoms with E-state index in [1.807, 2.05) is 26.8 Å². The molecule has 0 bridgehead atoms. The lowest BCUT2D eigenvalue weighted by atomic mass is 10.0. The summed E-state index contributed by atoms with van der Waals surface area (Å²) in [5.74, 6) is 0.768. The molecule has 1 atom stereocenters. The molecule has 1 aliphatic rings. The summed E-state index contributed by atoms with van der Waals surface area (Å²) in [6.45, 7) is 8.75. The zero-order chi connectivity index (χ0) is 16.4. The predicted molar refractivity (Wildman–Crippen MR) is 88.6 cm³/mol. The lowest BCUT2D eigenvalue weighted by molar-refractivity contribution is 0.0953. The maximum Gasteiger partial charge on any atom is 0.259 e. The van der Waals surface area contributed by atoms with Crippen molar-refractivity contribution in [2.75, 3.05) is 19.6 Å². The van der Waals surface area contributed by atoms with Crippen LogP contribution in [0.4, 0.5) is 0 Å². The minimum Gasteiger partial charge on any atom is -0.352 e. The van der Waals surface area contributed by atoms with Gasteiger partial charge in [-0.3, -0.25) is 4.79 Å². The molecule has 3 rings (SSSR count). The Kier molecular flexibility index (Phi) is 4.61. The number of hydrogen-bond donors (Lipinski definition) is 2. The van der Waals surface area contributed by atoms with Crippen molar-refractivity contribution in [3.05, 3.63) is 23.0 Å². The first kappa shape index (κ1) is 15.9. The van der Waals surface area contributed by atoms with Crippen molar-refractivity contribution in [1.29, 1.82) is 0 Å². The van der Waals surface area contributed by atoms with E-state index in [-0.39, 0.29) is 11.8 Å². The van der Waals surface area contributed by atoms with Gasteiger partial charge < -0.3 is 15.2 Å². The van der Waals surface area contributed by atoms with E-state index >= 15 is 0 Å². The summed E-state index contributed by atoms with van der Waals surface area (Å²) in [6, 6.07) is 1.82. The Labute approximate surface area is 136 Å². The Morgan fingerprint density at radius 3 is 3.04 bits per heavy atom. The van der Waals surface area contributed by atoms with Crippen molar-refractivity contribution in [1.82, 2.24) is 20.8 Å². The van der Waals surface area contributed by atoms with Gasteiger partial charge in [0.1, 0.15) is 0 Å². The summed E-state index contributed by atoms with van der Waals surface area (Å²) < 4.78 is 5.32. The summed E-state index contributed by atoms with van der Waals surface area (Å²) in [7, 11) is 0. The molecule has 1 fully saturated rings. The number of hydrogen-bond acceptors (Lipinski definition) is 5. The van der Waals surface area contributed by atoms with Crippen LogP contribution in [-0.4, -0.2) is 35.7 Å². The van der Waals surface area contributed by atoms with Crippen LogP contribution in [0.1, 0.15) is 54.4 Å². The van der Waals surface area contributed by atoms with E-state index in [1.54, 1.807) is 0 Å². The fourth-order valence-corrected chi connectivity index (χ4v) is 3.12. The van der Waals surface area contributed by atoms with E-state index in [4.69, 9.17) is 4.52 Å². The number of nitrogens with one attached hydrogen (secondary N) is 2. The van der Waals surface area contributed by atoms with Gasteiger partial charge in [0.05, 0.1) is 16.6 Å². The van der Waals surface area contributed by atoms with Gasteiger partial charge in [-0.15, -0.1) is 0 Å². The molecule has 2 aromatic rings. The monoisotopic (exact) mass is 316 g/mol. The number of fused-ring (bicyclic) bond motifs is 1. The van der Waals surface area contributed by atoms with Crippen LogP contribution in [0.3, 0.4) is 0 Å². The third-order valence-electron chi connectivity index (χ3n) is 4.39. The van der Waals surface area contributed by atoms with Gasteiger partial charge in [0, 0.05) is 12.2 Å². The largest absolute Gasteiger partial charge is 0.352 e. The van der Waals surface area contributed by atoms with Gasteiger partial charge in [-0.2, -0.15) is 0 Å². The topological polar surface area (TPSA) is 80.0 Å². The lowest BCUT2D eigenvalue weighted by Crippen LogP contribution is -2.27. The first-order valence-corrected chi connectivity index (χ1v) is 8.32. The minimum absolute atomic E-state index is 0.0726. The number of rotatable bonds is 5. The summed E-state index contributed by atoms with van der Waals surface area (Å²) >= 11 is 0. The number of nitrogens with zero attached hydrogens (tertiary/aromatic N) is 2. The zero-order valence-corrected chi connectivity index (χ0v) is 14.0. The van der Waals surface area contributed by atoms with Crippen molar-refractivity contribution in [3.63, 3.8) is 0 Å². The Bertz CT molecular complexity index is 702. The average Bonchev–Trinajstić information content (AvgIpc) is 3.15. The quantitative estimate of drug-likeness (QED) is 0.885. The molecular weight excluding hydrogens is 292 g/mol. The molecule has 0 aromatic carbocycles. The standard InChI is InChI=1S/C17H24N4O2/c1-10(2)15-14-13(8-11(3)20-17(14)23-21-15)16(22)19-7-5-12-4-6-18-9-12/h8,10,12,18H,4-7,9H2,1-3H3,(H,19,22). The molecule has 6 heteroatoms. The minimum atomic E-state index is -0.0726. The van der Waals surface area contributed by atoms with Gasteiger partial charge in [0.25, 0.3) is 11.6 Å². The second kappa shape index (κ2) is 6.66. The Hall–Kier alpha value is -1.95. The summed E-state index contributed by atoms with van der Waals surface area (Å²) in [4.78, 5) is 17.0. The normalized spacial score (nSPS) is 18.0. The second-order valence-electron chi connectivity index (χ2n) is 6.62. The number of aryl methyl sites for hydroxylation is 1. The first-order chi connectivity index (χ1) is 11.1. The maximum absolute atomic E-state index is 12.6. The fourth-order valence-electron chi connectivity index (χ4n) is 3.12. The first-order valence-electron chi connectivity index (χ1n) is 8.32. The van der Waals surface area contributed by atoms with Gasteiger partial charge >= 0.3 is 0 Å². The molecule has 0 aliphatic carbocycles. The molecule has 2 N–H and O–H groups in total. The lowest BCUT2D eigenvalue weighted by Gasteiger charge is -2.11. The van der Waals surface area contributed by atoms with E-state index in [1.165, 1.54) is 6.42 Å². The molecule has 3 heterocycles. The third-order valence-corrected chi connectivity index (χ3v) is 4.39. The molecule has 0 radical (unpaired) electrons. The van der Waals surface area contributed by atoms with Crippen LogP contribution < -0.4 is 10.6 Å². The highest BCUT2D eigenvalue weighted by Gasteiger charge is 2.21. The molecular formula is C17H24N4O2. The number of pyridine rings is 1. The number of amides is 1. The summed E-state index contributed by atoms with van der Waals surface area (Å²) in [5.41, 5.74) is 2.60. The van der Waals surface area contributed by atoms with Crippen LogP contribution in [0.2, 0.25) is 0 Å². The predicted octanol–water partition coefficient (Wildman–Crippen LogP) is 2.38. The molecule has 1 saturated heterocycles. The van der Waals surface area contributed by atoms with Gasteiger partial charge in [-0.05, 0) is 50.8 Å². The van der Waals surface area contributed by atoms with Gasteiger partial charge in [0.2, 0.25) is 0 Å². The zero-order valence-electron chi connectivity index (χ0n) is 14.0. The van der Waals surface area contributed by atoms with E-state index in [9.17, 15) is 4.79 Å². The van der Waals surface area contributed by atoms with Crippen LogP contribution in [-0.2, 0) is 0 Å². The van der Waals surface area contributed by atoms with Crippen molar-refractivity contribution in [2.24, 2.45) is 5.92 Å². The SMILES string of the molecule is Cc1cc(C(=O)NCCC2CCNC2)c2c(C(C)C)noc2n1. The second-order valence-corrected chi connectivity index (χ2v) is 6.62. The van der Waals surface area contributed by atoms with Crippen LogP contribution in [0.25, 0.3) is 11.1 Å². The van der Waals surface area contributed by atoms with Crippen LogP contribution in [0, 0.1) is 12.8 Å². The molecule has 0 spiro atoms. The number of carbonyl (C=O) groups excluding carboxylic acids is 1. The number of aromatic nitrogens is 2. The Balaban J connectivity index is 1.79. The van der Waals surface area contributed by atoms with Crippen LogP contribution >= 0.6 is 0 Å². The molecule has 2 aromatic heterocycles. The highest BCUT2D eigenvalue weighted by Crippen LogP contribution is 2.27. The van der Waals surface area contributed by atoms with Crippen molar-refractivity contribution in [3.8, 4) is 0 Å². The fraction of sp³-hybridized carbons (Fsp3) is 0.588. The van der Waals surface area contributed by atoms with Crippen LogP contribution in [0.5, 0.6) is 0 Å². The van der Waals surface area contributed by atoms with Gasteiger partial charge in [0.15, 0.2) is 0 Å². The molecule has 1 aliphatic heterocycles. The van der Waals surface area contributed by atoms with Crippen molar-refractivity contribution < 1.29 is 9.32 Å².